The number of carbonyl (C=O) groups is 1. The highest BCUT2D eigenvalue weighted by molar-refractivity contribution is 5.89. The van der Waals surface area contributed by atoms with Gasteiger partial charge in [0.05, 0.1) is 12.8 Å². The second-order valence-electron chi connectivity index (χ2n) is 4.39. The molecular weight excluding hydrogens is 273 g/mol. The van der Waals surface area contributed by atoms with Crippen LogP contribution in [-0.2, 0) is 6.54 Å². The first-order valence-corrected chi connectivity index (χ1v) is 6.31. The highest BCUT2D eigenvalue weighted by atomic mass is 19.1. The second kappa shape index (κ2) is 6.60. The first-order chi connectivity index (χ1) is 10.1. The third-order valence-corrected chi connectivity index (χ3v) is 2.83. The average Bonchev–Trinajstić information content (AvgIpc) is 2.45. The Morgan fingerprint density at radius 1 is 1.29 bits per heavy atom. The molecule has 2 amide bonds. The zero-order valence-corrected chi connectivity index (χ0v) is 11.5. The number of ether oxygens (including phenoxy) is 1. The number of halogens is 1. The number of amides is 2. The van der Waals surface area contributed by atoms with Gasteiger partial charge in [-0.05, 0) is 35.9 Å². The molecule has 0 aromatic heterocycles. The summed E-state index contributed by atoms with van der Waals surface area (Å²) in [6, 6.07) is 10.5. The minimum atomic E-state index is -0.421. The predicted octanol–water partition coefficient (Wildman–Crippen LogP) is 2.74. The van der Waals surface area contributed by atoms with Crippen LogP contribution in [0.25, 0.3) is 0 Å². The fourth-order valence-corrected chi connectivity index (χ4v) is 1.82. The van der Waals surface area contributed by atoms with Crippen LogP contribution in [0.1, 0.15) is 5.56 Å². The maximum atomic E-state index is 13.0. The van der Waals surface area contributed by atoms with Gasteiger partial charge in [-0.2, -0.15) is 0 Å². The normalized spacial score (nSPS) is 10.0. The van der Waals surface area contributed by atoms with E-state index < -0.39 is 11.8 Å². The van der Waals surface area contributed by atoms with Crippen LogP contribution in [0.4, 0.5) is 20.6 Å². The Hall–Kier alpha value is -2.76. The third kappa shape index (κ3) is 4.10. The van der Waals surface area contributed by atoms with Gasteiger partial charge in [0.15, 0.2) is 0 Å². The molecule has 2 rings (SSSR count). The molecule has 0 aliphatic rings. The molecule has 0 spiro atoms. The van der Waals surface area contributed by atoms with Crippen LogP contribution in [0.15, 0.2) is 42.5 Å². The van der Waals surface area contributed by atoms with Gasteiger partial charge in [0, 0.05) is 12.2 Å². The summed E-state index contributed by atoms with van der Waals surface area (Å²) in [4.78, 5) is 11.7. The SMILES string of the molecule is COc1ccc(CNC(=O)Nc2cccc(F)c2)cc1N. The fourth-order valence-electron chi connectivity index (χ4n) is 1.82. The van der Waals surface area contributed by atoms with Crippen LogP contribution >= 0.6 is 0 Å². The Bertz CT molecular complexity index is 647. The van der Waals surface area contributed by atoms with Crippen LogP contribution < -0.4 is 21.1 Å². The molecule has 2 aromatic rings. The molecule has 21 heavy (non-hydrogen) atoms. The van der Waals surface area contributed by atoms with Crippen LogP contribution in [0.2, 0.25) is 0 Å². The van der Waals surface area contributed by atoms with Crippen LogP contribution in [0, 0.1) is 5.82 Å². The first kappa shape index (κ1) is 14.6. The van der Waals surface area contributed by atoms with Crippen molar-refractivity contribution in [2.24, 2.45) is 0 Å². The van der Waals surface area contributed by atoms with Crippen LogP contribution in [0.5, 0.6) is 5.75 Å². The standard InChI is InChI=1S/C15H16FN3O2/c1-21-14-6-5-10(7-13(14)17)9-18-15(20)19-12-4-2-3-11(16)8-12/h2-8H,9,17H2,1H3,(H2,18,19,20). The molecule has 0 bridgehead atoms. The second-order valence-corrected chi connectivity index (χ2v) is 4.39. The predicted molar refractivity (Wildman–Crippen MR) is 79.7 cm³/mol. The van der Waals surface area contributed by atoms with Crippen LogP contribution in [0.3, 0.4) is 0 Å². The van der Waals surface area contributed by atoms with Gasteiger partial charge < -0.3 is 21.1 Å². The molecule has 0 heterocycles. The van der Waals surface area contributed by atoms with Crippen LogP contribution in [-0.4, -0.2) is 13.1 Å². The Kier molecular flexibility index (Phi) is 4.61. The zero-order valence-electron chi connectivity index (χ0n) is 11.5. The summed E-state index contributed by atoms with van der Waals surface area (Å²) in [6.07, 6.45) is 0. The number of urea groups is 1. The Balaban J connectivity index is 1.90. The van der Waals surface area contributed by atoms with Crippen molar-refractivity contribution in [3.8, 4) is 5.75 Å². The summed E-state index contributed by atoms with van der Waals surface area (Å²) < 4.78 is 18.0. The molecular formula is C15H16FN3O2. The van der Waals surface area contributed by atoms with Crippen molar-refractivity contribution < 1.29 is 13.9 Å². The van der Waals surface area contributed by atoms with Gasteiger partial charge in [-0.3, -0.25) is 0 Å². The van der Waals surface area contributed by atoms with E-state index >= 15 is 0 Å². The van der Waals surface area contributed by atoms with Crippen molar-refractivity contribution in [1.29, 1.82) is 0 Å². The molecule has 0 aliphatic carbocycles. The molecule has 0 fully saturated rings. The van der Waals surface area contributed by atoms with Crippen molar-refractivity contribution in [3.05, 3.63) is 53.8 Å². The van der Waals surface area contributed by atoms with E-state index in [1.54, 1.807) is 24.3 Å². The maximum absolute atomic E-state index is 13.0. The van der Waals surface area contributed by atoms with E-state index in [-0.39, 0.29) is 0 Å². The number of anilines is 2. The van der Waals surface area contributed by atoms with Gasteiger partial charge in [-0.25, -0.2) is 9.18 Å². The summed E-state index contributed by atoms with van der Waals surface area (Å²) in [5.74, 6) is 0.179. The van der Waals surface area contributed by atoms with Gasteiger partial charge in [0.1, 0.15) is 11.6 Å². The number of nitrogens with one attached hydrogen (secondary N) is 2. The number of benzene rings is 2. The summed E-state index contributed by atoms with van der Waals surface area (Å²) in [7, 11) is 1.54. The lowest BCUT2D eigenvalue weighted by Crippen LogP contribution is -2.28. The fraction of sp³-hybridized carbons (Fsp3) is 0.133. The molecule has 0 saturated carbocycles. The van der Waals surface area contributed by atoms with E-state index in [0.717, 1.165) is 5.56 Å². The average molecular weight is 289 g/mol. The summed E-state index contributed by atoms with van der Waals surface area (Å²) in [6.45, 7) is 0.301. The van der Waals surface area contributed by atoms with Crippen molar-refractivity contribution in [2.45, 2.75) is 6.54 Å². The summed E-state index contributed by atoms with van der Waals surface area (Å²) in [5.41, 5.74) is 7.51. The van der Waals surface area contributed by atoms with Crippen molar-refractivity contribution in [1.82, 2.24) is 5.32 Å². The van der Waals surface area contributed by atoms with Gasteiger partial charge in [0.25, 0.3) is 0 Å². The topological polar surface area (TPSA) is 76.4 Å². The lowest BCUT2D eigenvalue weighted by Gasteiger charge is -2.09. The minimum absolute atomic E-state index is 0.301. The van der Waals surface area contributed by atoms with Gasteiger partial charge in [-0.15, -0.1) is 0 Å². The van der Waals surface area contributed by atoms with Gasteiger partial charge >= 0.3 is 6.03 Å². The number of nitrogen functional groups attached to an aromatic ring is 1. The number of hydrogen-bond donors (Lipinski definition) is 3. The molecule has 5 nitrogen and oxygen atoms in total. The number of rotatable bonds is 4. The largest absolute Gasteiger partial charge is 0.495 e. The Morgan fingerprint density at radius 3 is 2.76 bits per heavy atom. The van der Waals surface area contributed by atoms with E-state index in [1.165, 1.54) is 25.3 Å². The zero-order chi connectivity index (χ0) is 15.2. The molecule has 0 radical (unpaired) electrons. The number of carbonyl (C=O) groups excluding carboxylic acids is 1. The lowest BCUT2D eigenvalue weighted by molar-refractivity contribution is 0.251. The molecule has 0 aliphatic heterocycles. The van der Waals surface area contributed by atoms with Gasteiger partial charge in [-0.1, -0.05) is 12.1 Å². The molecule has 110 valence electrons. The molecule has 0 saturated heterocycles. The van der Waals surface area contributed by atoms with E-state index in [2.05, 4.69) is 10.6 Å². The van der Waals surface area contributed by atoms with Gasteiger partial charge in [0.2, 0.25) is 0 Å². The van der Waals surface area contributed by atoms with E-state index in [0.29, 0.717) is 23.7 Å². The molecule has 2 aromatic carbocycles. The molecule has 0 atom stereocenters. The summed E-state index contributed by atoms with van der Waals surface area (Å²) in [5, 5.41) is 5.21. The van der Waals surface area contributed by atoms with Crippen molar-refractivity contribution >= 4 is 17.4 Å². The monoisotopic (exact) mass is 289 g/mol. The van der Waals surface area contributed by atoms with E-state index in [1.807, 2.05) is 0 Å². The first-order valence-electron chi connectivity index (χ1n) is 6.31. The molecule has 0 unspecified atom stereocenters. The third-order valence-electron chi connectivity index (χ3n) is 2.83. The number of nitrogens with two attached hydrogens (primary N) is 1. The smallest absolute Gasteiger partial charge is 0.319 e. The highest BCUT2D eigenvalue weighted by Crippen LogP contribution is 2.21. The molecule has 4 N–H and O–H groups in total. The lowest BCUT2D eigenvalue weighted by atomic mass is 10.2. The van der Waals surface area contributed by atoms with Crippen molar-refractivity contribution in [2.75, 3.05) is 18.2 Å². The Labute approximate surface area is 121 Å². The minimum Gasteiger partial charge on any atom is -0.495 e. The quantitative estimate of drug-likeness (QED) is 0.757. The van der Waals surface area contributed by atoms with E-state index in [9.17, 15) is 9.18 Å². The van der Waals surface area contributed by atoms with E-state index in [4.69, 9.17) is 10.5 Å². The summed E-state index contributed by atoms with van der Waals surface area (Å²) >= 11 is 0. The number of methoxy groups -OCH3 is 1. The molecule has 6 heteroatoms. The van der Waals surface area contributed by atoms with Crippen molar-refractivity contribution in [3.63, 3.8) is 0 Å². The maximum Gasteiger partial charge on any atom is 0.319 e. The number of hydrogen-bond acceptors (Lipinski definition) is 3. The Morgan fingerprint density at radius 2 is 2.10 bits per heavy atom. The highest BCUT2D eigenvalue weighted by Gasteiger charge is 2.04.